The summed E-state index contributed by atoms with van der Waals surface area (Å²) in [6, 6.07) is 8.14. The summed E-state index contributed by atoms with van der Waals surface area (Å²) in [7, 11) is 1.67. The molecule has 0 atom stereocenters. The summed E-state index contributed by atoms with van der Waals surface area (Å²) in [5, 5.41) is 12.5. The number of benzene rings is 1. The summed E-state index contributed by atoms with van der Waals surface area (Å²) in [4.78, 5) is 16.0. The number of nitrogens with zero attached hydrogens (tertiary/aromatic N) is 2. The van der Waals surface area contributed by atoms with Gasteiger partial charge < -0.3 is 15.4 Å². The summed E-state index contributed by atoms with van der Waals surface area (Å²) in [5.74, 6) is 2.67. The second-order valence-corrected chi connectivity index (χ2v) is 5.81. The van der Waals surface area contributed by atoms with Gasteiger partial charge in [-0.05, 0) is 43.4 Å². The van der Waals surface area contributed by atoms with E-state index in [1.54, 1.807) is 7.11 Å². The number of hydrogen-bond acceptors (Lipinski definition) is 4. The molecule has 1 saturated carbocycles. The molecule has 0 bridgehead atoms. The van der Waals surface area contributed by atoms with Crippen LogP contribution in [0, 0.1) is 6.92 Å². The first-order valence-electron chi connectivity index (χ1n) is 7.70. The Kier molecular flexibility index (Phi) is 4.45. The van der Waals surface area contributed by atoms with E-state index in [0.29, 0.717) is 18.3 Å². The Labute approximate surface area is 134 Å². The molecule has 1 aromatic carbocycles. The first-order valence-corrected chi connectivity index (χ1v) is 7.70. The van der Waals surface area contributed by atoms with E-state index in [-0.39, 0.29) is 12.1 Å². The van der Waals surface area contributed by atoms with Gasteiger partial charge in [-0.15, -0.1) is 0 Å². The summed E-state index contributed by atoms with van der Waals surface area (Å²) in [6.45, 7) is 2.14. The van der Waals surface area contributed by atoms with Crippen molar-refractivity contribution in [2.45, 2.75) is 38.3 Å². The Hall–Kier alpha value is -2.57. The minimum absolute atomic E-state index is 0.179. The summed E-state index contributed by atoms with van der Waals surface area (Å²) >= 11 is 0. The zero-order valence-electron chi connectivity index (χ0n) is 13.3. The lowest BCUT2D eigenvalue weighted by Crippen LogP contribution is -2.47. The number of carbonyl (C=O) groups is 1. The van der Waals surface area contributed by atoms with E-state index in [4.69, 9.17) is 4.74 Å². The predicted octanol–water partition coefficient (Wildman–Crippen LogP) is 1.87. The Morgan fingerprint density at radius 3 is 2.96 bits per heavy atom. The molecule has 0 saturated heterocycles. The van der Waals surface area contributed by atoms with Gasteiger partial charge >= 0.3 is 6.03 Å². The van der Waals surface area contributed by atoms with Crippen molar-refractivity contribution in [3.63, 3.8) is 0 Å². The molecule has 7 nitrogen and oxygen atoms in total. The van der Waals surface area contributed by atoms with Crippen molar-refractivity contribution in [2.24, 2.45) is 0 Å². The number of amides is 2. The molecule has 23 heavy (non-hydrogen) atoms. The second kappa shape index (κ2) is 6.68. The minimum Gasteiger partial charge on any atom is -0.497 e. The molecule has 2 amide bonds. The summed E-state index contributed by atoms with van der Waals surface area (Å²) < 4.78 is 5.25. The second-order valence-electron chi connectivity index (χ2n) is 5.81. The highest BCUT2D eigenvalue weighted by molar-refractivity contribution is 5.74. The van der Waals surface area contributed by atoms with Gasteiger partial charge in [0.25, 0.3) is 0 Å². The molecule has 0 aliphatic heterocycles. The Balaban J connectivity index is 1.41. The average molecular weight is 315 g/mol. The Morgan fingerprint density at radius 1 is 1.43 bits per heavy atom. The van der Waals surface area contributed by atoms with E-state index < -0.39 is 0 Å². The fourth-order valence-electron chi connectivity index (χ4n) is 2.77. The zero-order valence-corrected chi connectivity index (χ0v) is 13.3. The van der Waals surface area contributed by atoms with Crippen molar-refractivity contribution in [3.05, 3.63) is 41.5 Å². The van der Waals surface area contributed by atoms with E-state index in [1.165, 1.54) is 5.56 Å². The van der Waals surface area contributed by atoms with Crippen molar-refractivity contribution in [1.82, 2.24) is 25.8 Å². The van der Waals surface area contributed by atoms with Crippen LogP contribution < -0.4 is 15.4 Å². The minimum atomic E-state index is -0.179. The normalized spacial score (nSPS) is 19.7. The molecular formula is C16H21N5O2. The number of rotatable bonds is 5. The Bertz CT molecular complexity index is 679. The maximum absolute atomic E-state index is 11.9. The van der Waals surface area contributed by atoms with Gasteiger partial charge in [0.05, 0.1) is 13.7 Å². The maximum Gasteiger partial charge on any atom is 0.315 e. The number of methoxy groups -OCH3 is 1. The number of urea groups is 1. The monoisotopic (exact) mass is 315 g/mol. The number of carbonyl (C=O) groups excluding carboxylic acids is 1. The van der Waals surface area contributed by atoms with Gasteiger partial charge in [0.1, 0.15) is 11.6 Å². The average Bonchev–Trinajstić information content (AvgIpc) is 2.94. The third kappa shape index (κ3) is 3.80. The van der Waals surface area contributed by atoms with Gasteiger partial charge in [0.2, 0.25) is 0 Å². The molecule has 3 rings (SSSR count). The lowest BCUT2D eigenvalue weighted by atomic mass is 9.76. The number of ether oxygens (including phenoxy) is 1. The smallest absolute Gasteiger partial charge is 0.315 e. The fourth-order valence-corrected chi connectivity index (χ4v) is 2.77. The summed E-state index contributed by atoms with van der Waals surface area (Å²) in [5.41, 5.74) is 1.26. The van der Waals surface area contributed by atoms with E-state index in [1.807, 2.05) is 19.1 Å². The first-order chi connectivity index (χ1) is 11.1. The van der Waals surface area contributed by atoms with Crippen LogP contribution in [0.1, 0.15) is 36.0 Å². The van der Waals surface area contributed by atoms with E-state index in [0.717, 1.165) is 24.4 Å². The number of aromatic nitrogens is 3. The number of nitrogens with one attached hydrogen (secondary N) is 3. The van der Waals surface area contributed by atoms with Gasteiger partial charge in [-0.1, -0.05) is 12.1 Å². The highest BCUT2D eigenvalue weighted by Crippen LogP contribution is 2.37. The molecule has 1 fully saturated rings. The van der Waals surface area contributed by atoms with Gasteiger partial charge in [-0.2, -0.15) is 5.10 Å². The highest BCUT2D eigenvalue weighted by Gasteiger charge is 2.31. The topological polar surface area (TPSA) is 91.9 Å². The number of aryl methyl sites for hydroxylation is 1. The largest absolute Gasteiger partial charge is 0.497 e. The van der Waals surface area contributed by atoms with E-state index in [9.17, 15) is 4.79 Å². The molecule has 1 heterocycles. The molecule has 1 aliphatic carbocycles. The standard InChI is InChI=1S/C16H21N5O2/c1-10-18-15(21-20-10)9-17-16(22)19-13-6-12(7-13)11-4-3-5-14(8-11)23-2/h3-5,8,12-13H,6-7,9H2,1-2H3,(H2,17,19,22)(H,18,20,21). The van der Waals surface area contributed by atoms with Gasteiger partial charge in [-0.3, -0.25) is 5.10 Å². The van der Waals surface area contributed by atoms with Crippen LogP contribution in [0.2, 0.25) is 0 Å². The molecule has 122 valence electrons. The molecule has 3 N–H and O–H groups in total. The molecule has 1 aliphatic rings. The predicted molar refractivity (Wildman–Crippen MR) is 85.2 cm³/mol. The van der Waals surface area contributed by atoms with Crippen LogP contribution in [0.25, 0.3) is 0 Å². The van der Waals surface area contributed by atoms with Crippen molar-refractivity contribution < 1.29 is 9.53 Å². The SMILES string of the molecule is COc1cccc(C2CC(NC(=O)NCc3n[nH]c(C)n3)C2)c1. The molecule has 0 radical (unpaired) electrons. The van der Waals surface area contributed by atoms with Crippen molar-refractivity contribution in [1.29, 1.82) is 0 Å². The van der Waals surface area contributed by atoms with E-state index >= 15 is 0 Å². The van der Waals surface area contributed by atoms with Crippen LogP contribution in [0.5, 0.6) is 5.75 Å². The maximum atomic E-state index is 11.9. The third-order valence-electron chi connectivity index (χ3n) is 4.09. The van der Waals surface area contributed by atoms with Crippen molar-refractivity contribution >= 4 is 6.03 Å². The van der Waals surface area contributed by atoms with Crippen LogP contribution in [0.15, 0.2) is 24.3 Å². The van der Waals surface area contributed by atoms with Crippen LogP contribution in [0.3, 0.4) is 0 Å². The number of H-pyrrole nitrogens is 1. The number of hydrogen-bond donors (Lipinski definition) is 3. The van der Waals surface area contributed by atoms with Crippen molar-refractivity contribution in [3.8, 4) is 5.75 Å². The van der Waals surface area contributed by atoms with Gasteiger partial charge in [-0.25, -0.2) is 9.78 Å². The fraction of sp³-hybridized carbons (Fsp3) is 0.438. The third-order valence-corrected chi connectivity index (χ3v) is 4.09. The van der Waals surface area contributed by atoms with Gasteiger partial charge in [0, 0.05) is 6.04 Å². The Morgan fingerprint density at radius 2 is 2.26 bits per heavy atom. The highest BCUT2D eigenvalue weighted by atomic mass is 16.5. The van der Waals surface area contributed by atoms with Crippen LogP contribution in [-0.4, -0.2) is 34.4 Å². The van der Waals surface area contributed by atoms with E-state index in [2.05, 4.69) is 37.9 Å². The van der Waals surface area contributed by atoms with Crippen LogP contribution in [0.4, 0.5) is 4.79 Å². The van der Waals surface area contributed by atoms with Crippen LogP contribution >= 0.6 is 0 Å². The lowest BCUT2D eigenvalue weighted by molar-refractivity contribution is 0.222. The molecule has 0 spiro atoms. The zero-order chi connectivity index (χ0) is 16.2. The number of aromatic amines is 1. The quantitative estimate of drug-likeness (QED) is 0.785. The van der Waals surface area contributed by atoms with Gasteiger partial charge in [0.15, 0.2) is 5.82 Å². The van der Waals surface area contributed by atoms with Crippen molar-refractivity contribution in [2.75, 3.05) is 7.11 Å². The molecule has 0 unspecified atom stereocenters. The molecule has 7 heteroatoms. The van der Waals surface area contributed by atoms with Crippen LogP contribution in [-0.2, 0) is 6.54 Å². The molecule has 1 aromatic heterocycles. The lowest BCUT2D eigenvalue weighted by Gasteiger charge is -2.36. The summed E-state index contributed by atoms with van der Waals surface area (Å²) in [6.07, 6.45) is 1.89. The first kappa shape index (κ1) is 15.3. The molecular weight excluding hydrogens is 294 g/mol. The molecule has 2 aromatic rings.